The molecule has 22 heavy (non-hydrogen) atoms. The first-order chi connectivity index (χ1) is 10.8. The summed E-state index contributed by atoms with van der Waals surface area (Å²) in [5, 5.41) is 6.92. The van der Waals surface area contributed by atoms with E-state index in [0.717, 1.165) is 51.4 Å². The fraction of sp³-hybridized carbons (Fsp3) is 0.800. The van der Waals surface area contributed by atoms with E-state index < -0.39 is 0 Å². The Bertz CT molecular complexity index is 470. The Labute approximate surface area is 131 Å². The number of H-pyrrole nitrogens is 1. The summed E-state index contributed by atoms with van der Waals surface area (Å²) >= 11 is 0. The molecule has 0 aliphatic carbocycles. The van der Waals surface area contributed by atoms with Gasteiger partial charge in [-0.25, -0.2) is 4.98 Å². The highest BCUT2D eigenvalue weighted by Gasteiger charge is 2.31. The molecule has 122 valence electrons. The van der Waals surface area contributed by atoms with Crippen molar-refractivity contribution in [3.8, 4) is 0 Å². The van der Waals surface area contributed by atoms with Crippen LogP contribution in [0.2, 0.25) is 0 Å². The van der Waals surface area contributed by atoms with Crippen LogP contribution in [0.4, 0.5) is 0 Å². The first-order valence-corrected chi connectivity index (χ1v) is 8.10. The number of carbonyl (C=O) groups is 1. The molecule has 7 heteroatoms. The lowest BCUT2D eigenvalue weighted by Gasteiger charge is -2.32. The second-order valence-electron chi connectivity index (χ2n) is 6.35. The molecule has 2 aliphatic heterocycles. The second-order valence-corrected chi connectivity index (χ2v) is 6.35. The van der Waals surface area contributed by atoms with Crippen LogP contribution in [0.3, 0.4) is 0 Å². The van der Waals surface area contributed by atoms with Crippen LogP contribution in [-0.2, 0) is 9.53 Å². The molecule has 0 radical (unpaired) electrons. The summed E-state index contributed by atoms with van der Waals surface area (Å²) in [4.78, 5) is 20.7. The first kappa shape index (κ1) is 15.4. The number of piperidine rings is 1. The monoisotopic (exact) mass is 307 g/mol. The topological polar surface area (TPSA) is 74.3 Å². The van der Waals surface area contributed by atoms with Gasteiger partial charge in [0.1, 0.15) is 12.2 Å². The first-order valence-electron chi connectivity index (χ1n) is 8.10. The Balaban J connectivity index is 1.42. The summed E-state index contributed by atoms with van der Waals surface area (Å²) in [5.41, 5.74) is 0. The number of hydrogen-bond donors (Lipinski definition) is 1. The van der Waals surface area contributed by atoms with Crippen molar-refractivity contribution in [1.29, 1.82) is 0 Å². The molecule has 7 nitrogen and oxygen atoms in total. The molecule has 1 amide bonds. The van der Waals surface area contributed by atoms with Gasteiger partial charge in [0, 0.05) is 39.1 Å². The van der Waals surface area contributed by atoms with Crippen LogP contribution < -0.4 is 0 Å². The molecular formula is C15H25N5O2. The van der Waals surface area contributed by atoms with E-state index in [1.807, 2.05) is 4.90 Å². The number of aromatic amines is 1. The van der Waals surface area contributed by atoms with Crippen LogP contribution in [0.5, 0.6) is 0 Å². The molecule has 1 atom stereocenters. The van der Waals surface area contributed by atoms with Gasteiger partial charge < -0.3 is 14.5 Å². The molecule has 0 spiro atoms. The number of ether oxygens (including phenoxy) is 1. The van der Waals surface area contributed by atoms with Crippen molar-refractivity contribution in [3.63, 3.8) is 0 Å². The molecule has 1 N–H and O–H groups in total. The fourth-order valence-electron chi connectivity index (χ4n) is 3.56. The van der Waals surface area contributed by atoms with Crippen LogP contribution >= 0.6 is 0 Å². The van der Waals surface area contributed by atoms with Gasteiger partial charge in [0.2, 0.25) is 5.91 Å². The third kappa shape index (κ3) is 3.64. The average Bonchev–Trinajstić information content (AvgIpc) is 3.16. The molecule has 2 saturated heterocycles. The van der Waals surface area contributed by atoms with Crippen LogP contribution in [0.25, 0.3) is 0 Å². The van der Waals surface area contributed by atoms with Crippen molar-refractivity contribution >= 4 is 5.91 Å². The Morgan fingerprint density at radius 1 is 1.41 bits per heavy atom. The number of nitrogens with zero attached hydrogens (tertiary/aromatic N) is 4. The van der Waals surface area contributed by atoms with E-state index in [-0.39, 0.29) is 5.91 Å². The maximum atomic E-state index is 12.0. The molecule has 0 saturated carbocycles. The Hall–Kier alpha value is -1.47. The quantitative estimate of drug-likeness (QED) is 0.827. The SMILES string of the molecule is COCCN1C[C@@H](CN2CCC(c3ncn[nH]3)CC2)CC1=O. The number of amides is 1. The van der Waals surface area contributed by atoms with Gasteiger partial charge >= 0.3 is 0 Å². The van der Waals surface area contributed by atoms with Gasteiger partial charge in [0.25, 0.3) is 0 Å². The number of aromatic nitrogens is 3. The number of methoxy groups -OCH3 is 1. The van der Waals surface area contributed by atoms with Crippen LogP contribution in [0, 0.1) is 5.92 Å². The smallest absolute Gasteiger partial charge is 0.223 e. The number of rotatable bonds is 6. The van der Waals surface area contributed by atoms with E-state index in [1.165, 1.54) is 0 Å². The van der Waals surface area contributed by atoms with Gasteiger partial charge in [-0.3, -0.25) is 9.89 Å². The van der Waals surface area contributed by atoms with E-state index in [1.54, 1.807) is 13.4 Å². The second kappa shape index (κ2) is 7.19. The standard InChI is InChI=1S/C15H25N5O2/c1-22-7-6-20-10-12(8-14(20)21)9-19-4-2-13(3-5-19)15-16-11-17-18-15/h11-13H,2-10H2,1H3,(H,16,17,18)/t12-/m1/s1. The minimum Gasteiger partial charge on any atom is -0.383 e. The zero-order valence-electron chi connectivity index (χ0n) is 13.2. The zero-order valence-corrected chi connectivity index (χ0v) is 13.2. The van der Waals surface area contributed by atoms with Crippen molar-refractivity contribution < 1.29 is 9.53 Å². The van der Waals surface area contributed by atoms with Crippen molar-refractivity contribution in [2.24, 2.45) is 5.92 Å². The predicted octanol–water partition coefficient (Wildman–Crippen LogP) is 0.479. The van der Waals surface area contributed by atoms with Gasteiger partial charge in [0.05, 0.1) is 6.61 Å². The molecule has 0 aromatic carbocycles. The van der Waals surface area contributed by atoms with Crippen LogP contribution in [0.15, 0.2) is 6.33 Å². The molecule has 1 aromatic rings. The number of nitrogens with one attached hydrogen (secondary N) is 1. The van der Waals surface area contributed by atoms with E-state index in [0.29, 0.717) is 24.9 Å². The Morgan fingerprint density at radius 2 is 2.23 bits per heavy atom. The minimum absolute atomic E-state index is 0.276. The maximum absolute atomic E-state index is 12.0. The Kier molecular flexibility index (Phi) is 5.04. The largest absolute Gasteiger partial charge is 0.383 e. The molecule has 1 aromatic heterocycles. The van der Waals surface area contributed by atoms with Gasteiger partial charge in [-0.2, -0.15) is 5.10 Å². The number of likely N-dealkylation sites (tertiary alicyclic amines) is 2. The highest BCUT2D eigenvalue weighted by Crippen LogP contribution is 2.27. The summed E-state index contributed by atoms with van der Waals surface area (Å²) in [6.07, 6.45) is 4.50. The minimum atomic E-state index is 0.276. The number of hydrogen-bond acceptors (Lipinski definition) is 5. The molecule has 0 bridgehead atoms. The Morgan fingerprint density at radius 3 is 2.91 bits per heavy atom. The molecule has 2 aliphatic rings. The van der Waals surface area contributed by atoms with Gasteiger partial charge in [-0.05, 0) is 31.8 Å². The van der Waals surface area contributed by atoms with Crippen LogP contribution in [-0.4, -0.2) is 77.3 Å². The van der Waals surface area contributed by atoms with Crippen molar-refractivity contribution in [2.75, 3.05) is 46.4 Å². The van der Waals surface area contributed by atoms with E-state index in [4.69, 9.17) is 4.74 Å². The van der Waals surface area contributed by atoms with E-state index in [2.05, 4.69) is 20.1 Å². The summed E-state index contributed by atoms with van der Waals surface area (Å²) in [7, 11) is 1.68. The van der Waals surface area contributed by atoms with Gasteiger partial charge in [-0.15, -0.1) is 0 Å². The highest BCUT2D eigenvalue weighted by atomic mass is 16.5. The molecule has 0 unspecified atom stereocenters. The van der Waals surface area contributed by atoms with Crippen molar-refractivity contribution in [1.82, 2.24) is 25.0 Å². The van der Waals surface area contributed by atoms with Crippen LogP contribution in [0.1, 0.15) is 31.0 Å². The highest BCUT2D eigenvalue weighted by molar-refractivity contribution is 5.78. The summed E-state index contributed by atoms with van der Waals surface area (Å²) < 4.78 is 5.07. The normalized spacial score (nSPS) is 24.3. The molecular weight excluding hydrogens is 282 g/mol. The maximum Gasteiger partial charge on any atom is 0.223 e. The predicted molar refractivity (Wildman–Crippen MR) is 81.4 cm³/mol. The van der Waals surface area contributed by atoms with Crippen molar-refractivity contribution in [3.05, 3.63) is 12.2 Å². The average molecular weight is 307 g/mol. The van der Waals surface area contributed by atoms with E-state index >= 15 is 0 Å². The third-order valence-corrected chi connectivity index (χ3v) is 4.78. The summed E-state index contributed by atoms with van der Waals surface area (Å²) in [6.45, 7) is 5.41. The number of carbonyl (C=O) groups excluding carboxylic acids is 1. The lowest BCUT2D eigenvalue weighted by atomic mass is 9.95. The molecule has 2 fully saturated rings. The zero-order chi connectivity index (χ0) is 15.4. The lowest BCUT2D eigenvalue weighted by Crippen LogP contribution is -2.37. The van der Waals surface area contributed by atoms with Gasteiger partial charge in [0.15, 0.2) is 0 Å². The fourth-order valence-corrected chi connectivity index (χ4v) is 3.56. The third-order valence-electron chi connectivity index (χ3n) is 4.78. The van der Waals surface area contributed by atoms with Gasteiger partial charge in [-0.1, -0.05) is 0 Å². The summed E-state index contributed by atoms with van der Waals surface area (Å²) in [6, 6.07) is 0. The lowest BCUT2D eigenvalue weighted by molar-refractivity contribution is -0.128. The summed E-state index contributed by atoms with van der Waals surface area (Å²) in [5.74, 6) is 2.26. The molecule has 3 heterocycles. The molecule has 3 rings (SSSR count). The van der Waals surface area contributed by atoms with E-state index in [9.17, 15) is 4.79 Å². The van der Waals surface area contributed by atoms with Crippen molar-refractivity contribution in [2.45, 2.75) is 25.2 Å².